The molecule has 4 rings (SSSR count). The summed E-state index contributed by atoms with van der Waals surface area (Å²) >= 11 is 0. The van der Waals surface area contributed by atoms with Crippen LogP contribution in [0.25, 0.3) is 21.9 Å². The van der Waals surface area contributed by atoms with Crippen LogP contribution in [0.4, 0.5) is 0 Å². The van der Waals surface area contributed by atoms with Crippen molar-refractivity contribution in [2.75, 3.05) is 7.11 Å². The first-order chi connectivity index (χ1) is 14.1. The van der Waals surface area contributed by atoms with Crippen molar-refractivity contribution in [3.05, 3.63) is 46.1 Å². The number of methoxy groups -OCH3 is 1. The zero-order valence-electron chi connectivity index (χ0n) is 17.6. The molecule has 1 aromatic heterocycles. The molecule has 0 aliphatic heterocycles. The lowest BCUT2D eigenvalue weighted by Crippen LogP contribution is -2.16. The quantitative estimate of drug-likeness (QED) is 0.407. The molecule has 1 aliphatic carbocycles. The third-order valence-corrected chi connectivity index (χ3v) is 6.54. The SMILES string of the molecule is C=C(C)C1CC(c2c(O)cc3oc4c(OC)c(O)ccc4c(=O)c3c2O)C(C)(C)C1. The summed E-state index contributed by atoms with van der Waals surface area (Å²) in [7, 11) is 1.36. The molecule has 2 unspecified atom stereocenters. The van der Waals surface area contributed by atoms with E-state index in [-0.39, 0.29) is 62.2 Å². The van der Waals surface area contributed by atoms with Gasteiger partial charge in [-0.1, -0.05) is 26.0 Å². The number of hydrogen-bond acceptors (Lipinski definition) is 6. The van der Waals surface area contributed by atoms with E-state index in [9.17, 15) is 20.1 Å². The fourth-order valence-electron chi connectivity index (χ4n) is 4.91. The molecule has 3 N–H and O–H groups in total. The normalized spacial score (nSPS) is 20.7. The first-order valence-electron chi connectivity index (χ1n) is 9.93. The number of ether oxygens (including phenoxy) is 1. The van der Waals surface area contributed by atoms with Crippen LogP contribution in [0.15, 0.2) is 39.6 Å². The molecule has 1 aliphatic rings. The first-order valence-corrected chi connectivity index (χ1v) is 9.93. The van der Waals surface area contributed by atoms with E-state index >= 15 is 0 Å². The van der Waals surface area contributed by atoms with E-state index in [1.54, 1.807) is 0 Å². The third-order valence-electron chi connectivity index (χ3n) is 6.54. The molecular weight excluding hydrogens is 384 g/mol. The second-order valence-electron chi connectivity index (χ2n) is 8.98. The molecule has 0 amide bonds. The lowest BCUT2D eigenvalue weighted by atomic mass is 9.76. The Kier molecular flexibility index (Phi) is 4.49. The van der Waals surface area contributed by atoms with Gasteiger partial charge in [0.15, 0.2) is 11.3 Å². The summed E-state index contributed by atoms with van der Waals surface area (Å²) in [4.78, 5) is 13.2. The Morgan fingerprint density at radius 1 is 1.23 bits per heavy atom. The highest BCUT2D eigenvalue weighted by Gasteiger charge is 2.44. The Morgan fingerprint density at radius 3 is 2.53 bits per heavy atom. The molecule has 0 saturated heterocycles. The number of phenols is 3. The Morgan fingerprint density at radius 2 is 1.93 bits per heavy atom. The minimum atomic E-state index is -0.449. The third kappa shape index (κ3) is 2.82. The van der Waals surface area contributed by atoms with Gasteiger partial charge in [0.1, 0.15) is 22.5 Å². The van der Waals surface area contributed by atoms with E-state index in [2.05, 4.69) is 20.4 Å². The standard InChI is InChI=1S/C24H26O6/c1-11(2)12-8-14(24(3,4)10-12)18-16(26)9-17-19(21(18)28)20(27)13-6-7-15(25)23(29-5)22(13)30-17/h6-7,9,12,14,25-26,28H,1,8,10H2,2-5H3. The number of fused-ring (bicyclic) bond motifs is 2. The van der Waals surface area contributed by atoms with Crippen molar-refractivity contribution in [3.8, 4) is 23.0 Å². The second kappa shape index (κ2) is 6.69. The van der Waals surface area contributed by atoms with Gasteiger partial charge in [0, 0.05) is 11.6 Å². The van der Waals surface area contributed by atoms with Crippen LogP contribution < -0.4 is 10.2 Å². The van der Waals surface area contributed by atoms with Gasteiger partial charge in [0.2, 0.25) is 11.2 Å². The van der Waals surface area contributed by atoms with Crippen molar-refractivity contribution >= 4 is 21.9 Å². The van der Waals surface area contributed by atoms with Crippen LogP contribution in [0.1, 0.15) is 45.1 Å². The van der Waals surface area contributed by atoms with Gasteiger partial charge in [0.25, 0.3) is 0 Å². The fraction of sp³-hybridized carbons (Fsp3) is 0.375. The predicted octanol–water partition coefficient (Wildman–Crippen LogP) is 5.17. The number of benzene rings is 2. The van der Waals surface area contributed by atoms with Gasteiger partial charge in [-0.3, -0.25) is 4.79 Å². The molecule has 1 fully saturated rings. The molecular formula is C24H26O6. The Bertz CT molecular complexity index is 1250. The zero-order valence-corrected chi connectivity index (χ0v) is 17.6. The average molecular weight is 410 g/mol. The predicted molar refractivity (Wildman–Crippen MR) is 116 cm³/mol. The van der Waals surface area contributed by atoms with Gasteiger partial charge in [0.05, 0.1) is 12.5 Å². The smallest absolute Gasteiger partial charge is 0.204 e. The minimum absolute atomic E-state index is 0.0117. The van der Waals surface area contributed by atoms with Crippen molar-refractivity contribution in [1.29, 1.82) is 0 Å². The molecule has 0 radical (unpaired) electrons. The van der Waals surface area contributed by atoms with Crippen LogP contribution in [-0.2, 0) is 0 Å². The van der Waals surface area contributed by atoms with Gasteiger partial charge < -0.3 is 24.5 Å². The molecule has 0 spiro atoms. The summed E-state index contributed by atoms with van der Waals surface area (Å²) in [5, 5.41) is 32.2. The van der Waals surface area contributed by atoms with E-state index in [4.69, 9.17) is 9.15 Å². The molecule has 2 atom stereocenters. The summed E-state index contributed by atoms with van der Waals surface area (Å²) in [5.74, 6) is -0.394. The Balaban J connectivity index is 2.02. The van der Waals surface area contributed by atoms with Crippen LogP contribution in [0.5, 0.6) is 23.0 Å². The van der Waals surface area contributed by atoms with Crippen LogP contribution in [0.2, 0.25) is 0 Å². The molecule has 1 heterocycles. The van der Waals surface area contributed by atoms with Crippen LogP contribution in [0.3, 0.4) is 0 Å². The molecule has 30 heavy (non-hydrogen) atoms. The highest BCUT2D eigenvalue weighted by Crippen LogP contribution is 2.57. The van der Waals surface area contributed by atoms with Gasteiger partial charge in [-0.25, -0.2) is 0 Å². The fourth-order valence-corrected chi connectivity index (χ4v) is 4.91. The van der Waals surface area contributed by atoms with Gasteiger partial charge in [-0.05, 0) is 49.1 Å². The molecule has 158 valence electrons. The Labute approximate surface area is 174 Å². The van der Waals surface area contributed by atoms with Crippen molar-refractivity contribution in [2.45, 2.75) is 39.5 Å². The first kappa shape index (κ1) is 20.1. The van der Waals surface area contributed by atoms with E-state index < -0.39 is 5.43 Å². The van der Waals surface area contributed by atoms with Crippen molar-refractivity contribution in [1.82, 2.24) is 0 Å². The Hall–Kier alpha value is -3.15. The van der Waals surface area contributed by atoms with Crippen molar-refractivity contribution < 1.29 is 24.5 Å². The molecule has 1 saturated carbocycles. The number of phenolic OH excluding ortho intramolecular Hbond substituents is 3. The molecule has 6 nitrogen and oxygen atoms in total. The number of allylic oxidation sites excluding steroid dienone is 1. The minimum Gasteiger partial charge on any atom is -0.507 e. The van der Waals surface area contributed by atoms with Crippen molar-refractivity contribution in [3.63, 3.8) is 0 Å². The van der Waals surface area contributed by atoms with E-state index in [0.717, 1.165) is 18.4 Å². The van der Waals surface area contributed by atoms with Gasteiger partial charge in [-0.2, -0.15) is 0 Å². The van der Waals surface area contributed by atoms with Crippen LogP contribution in [-0.4, -0.2) is 22.4 Å². The lowest BCUT2D eigenvalue weighted by molar-refractivity contribution is 0.311. The maximum Gasteiger partial charge on any atom is 0.204 e. The average Bonchev–Trinajstić information content (AvgIpc) is 2.97. The maximum absolute atomic E-state index is 13.2. The van der Waals surface area contributed by atoms with E-state index in [1.807, 2.05) is 6.92 Å². The highest BCUT2D eigenvalue weighted by atomic mass is 16.5. The number of rotatable bonds is 3. The highest BCUT2D eigenvalue weighted by molar-refractivity contribution is 5.97. The van der Waals surface area contributed by atoms with Gasteiger partial charge >= 0.3 is 0 Å². The van der Waals surface area contributed by atoms with E-state index in [1.165, 1.54) is 25.3 Å². The van der Waals surface area contributed by atoms with Gasteiger partial charge in [-0.15, -0.1) is 0 Å². The van der Waals surface area contributed by atoms with Crippen LogP contribution in [0, 0.1) is 11.3 Å². The summed E-state index contributed by atoms with van der Waals surface area (Å²) in [6, 6.07) is 4.14. The monoisotopic (exact) mass is 410 g/mol. The number of hydrogen-bond donors (Lipinski definition) is 3. The molecule has 3 aromatic rings. The zero-order chi connectivity index (χ0) is 22.0. The summed E-state index contributed by atoms with van der Waals surface area (Å²) in [5.41, 5.74) is 0.887. The largest absolute Gasteiger partial charge is 0.507 e. The number of aromatic hydroxyl groups is 3. The van der Waals surface area contributed by atoms with Crippen LogP contribution >= 0.6 is 0 Å². The lowest BCUT2D eigenvalue weighted by Gasteiger charge is -2.28. The second-order valence-corrected chi connectivity index (χ2v) is 8.98. The summed E-state index contributed by atoms with van der Waals surface area (Å²) in [6.07, 6.45) is 1.61. The molecule has 6 heteroatoms. The van der Waals surface area contributed by atoms with Crippen molar-refractivity contribution in [2.24, 2.45) is 11.3 Å². The maximum atomic E-state index is 13.2. The topological polar surface area (TPSA) is 100 Å². The molecule has 0 bridgehead atoms. The summed E-state index contributed by atoms with van der Waals surface area (Å²) in [6.45, 7) is 10.3. The summed E-state index contributed by atoms with van der Waals surface area (Å²) < 4.78 is 11.0. The molecule has 2 aromatic carbocycles. The van der Waals surface area contributed by atoms with E-state index in [0.29, 0.717) is 5.56 Å².